The summed E-state index contributed by atoms with van der Waals surface area (Å²) in [7, 11) is 0.476. The van der Waals surface area contributed by atoms with Gasteiger partial charge >= 0.3 is 120 Å². The number of thioether (sulfide) groups is 1. The summed E-state index contributed by atoms with van der Waals surface area (Å²) in [5.74, 6) is 7.41. The molecule has 0 aliphatic heterocycles. The zero-order chi connectivity index (χ0) is 14.0. The second-order valence-electron chi connectivity index (χ2n) is 6.74. The minimum atomic E-state index is -2.00. The van der Waals surface area contributed by atoms with E-state index in [9.17, 15) is 0 Å². The standard InChI is InChI=1S/C14H26GeOSSi/c1-15(2,3)14(16-4,18(5,6)7)17-13-11-9-8-10-12-13/h8-12H,1-7H3. The first-order valence-corrected chi connectivity index (χ1v) is 18.1. The van der Waals surface area contributed by atoms with Gasteiger partial charge in [0.05, 0.1) is 0 Å². The predicted molar refractivity (Wildman–Crippen MR) is 88.7 cm³/mol. The molecular formula is C14H26GeOSSi. The summed E-state index contributed by atoms with van der Waals surface area (Å²) < 4.78 is 6.24. The molecule has 1 aromatic carbocycles. The Hall–Kier alpha value is 0.290. The molecule has 1 aromatic rings. The Bertz CT molecular complexity index is 367. The average Bonchev–Trinajstić information content (AvgIpc) is 2.23. The van der Waals surface area contributed by atoms with Crippen LogP contribution in [-0.4, -0.2) is 31.8 Å². The Kier molecular flexibility index (Phi) is 5.21. The summed E-state index contributed by atoms with van der Waals surface area (Å²) in [6.45, 7) is 7.30. The zero-order valence-electron chi connectivity index (χ0n) is 12.7. The van der Waals surface area contributed by atoms with E-state index < -0.39 is 21.3 Å². The summed E-state index contributed by atoms with van der Waals surface area (Å²) in [5, 5.41) is 0. The number of hydrogen-bond donors (Lipinski definition) is 0. The maximum absolute atomic E-state index is 6.18. The Balaban J connectivity index is 3.21. The van der Waals surface area contributed by atoms with E-state index in [1.165, 1.54) is 4.90 Å². The molecule has 0 fully saturated rings. The first-order valence-electron chi connectivity index (χ1n) is 6.43. The van der Waals surface area contributed by atoms with Crippen molar-refractivity contribution in [1.82, 2.24) is 0 Å². The third-order valence-corrected chi connectivity index (χ3v) is 25.6. The van der Waals surface area contributed by atoms with Gasteiger partial charge in [0.1, 0.15) is 0 Å². The van der Waals surface area contributed by atoms with Crippen LogP contribution in [0.25, 0.3) is 0 Å². The van der Waals surface area contributed by atoms with E-state index in [2.05, 4.69) is 67.2 Å². The molecule has 102 valence electrons. The van der Waals surface area contributed by atoms with Crippen molar-refractivity contribution in [2.75, 3.05) is 7.11 Å². The van der Waals surface area contributed by atoms with Gasteiger partial charge in [0.15, 0.2) is 0 Å². The molecule has 0 saturated carbocycles. The van der Waals surface area contributed by atoms with Crippen LogP contribution in [-0.2, 0) is 4.74 Å². The van der Waals surface area contributed by atoms with Crippen LogP contribution in [0, 0.1) is 0 Å². The van der Waals surface area contributed by atoms with E-state index in [0.717, 1.165) is 0 Å². The van der Waals surface area contributed by atoms with Crippen molar-refractivity contribution in [2.24, 2.45) is 0 Å². The SMILES string of the molecule is CO[C](Sc1ccccc1)([Si](C)(C)C)[Ge]([CH3])([CH3])[CH3]. The van der Waals surface area contributed by atoms with Crippen LogP contribution in [0.2, 0.25) is 36.9 Å². The zero-order valence-corrected chi connectivity index (χ0v) is 16.6. The molecule has 1 rings (SSSR count). The summed E-state index contributed by atoms with van der Waals surface area (Å²) in [6, 6.07) is 10.7. The van der Waals surface area contributed by atoms with Gasteiger partial charge in [0.25, 0.3) is 0 Å². The molecule has 0 bridgehead atoms. The van der Waals surface area contributed by atoms with Gasteiger partial charge < -0.3 is 0 Å². The normalized spacial score (nSPS) is 16.4. The van der Waals surface area contributed by atoms with Crippen molar-refractivity contribution in [3.05, 3.63) is 30.3 Å². The second kappa shape index (κ2) is 5.73. The van der Waals surface area contributed by atoms with E-state index in [1.807, 2.05) is 18.9 Å². The molecule has 0 amide bonds. The third-order valence-electron chi connectivity index (χ3n) is 3.27. The molecule has 4 heteroatoms. The number of ether oxygens (including phenoxy) is 1. The van der Waals surface area contributed by atoms with Gasteiger partial charge in [-0.05, 0) is 0 Å². The van der Waals surface area contributed by atoms with Gasteiger partial charge in [-0.3, -0.25) is 0 Å². The number of rotatable bonds is 5. The fourth-order valence-electron chi connectivity index (χ4n) is 2.74. The van der Waals surface area contributed by atoms with Crippen LogP contribution < -0.4 is 0 Å². The number of hydrogen-bond acceptors (Lipinski definition) is 2. The van der Waals surface area contributed by atoms with Crippen molar-refractivity contribution >= 4 is 33.1 Å². The van der Waals surface area contributed by atoms with Crippen molar-refractivity contribution in [1.29, 1.82) is 0 Å². The molecule has 0 spiro atoms. The van der Waals surface area contributed by atoms with Crippen LogP contribution in [0.3, 0.4) is 0 Å². The Morgan fingerprint density at radius 2 is 1.56 bits per heavy atom. The molecule has 0 radical (unpaired) electrons. The first kappa shape index (κ1) is 16.3. The van der Waals surface area contributed by atoms with E-state index >= 15 is 0 Å². The quantitative estimate of drug-likeness (QED) is 0.428. The van der Waals surface area contributed by atoms with E-state index in [-0.39, 0.29) is 3.39 Å². The van der Waals surface area contributed by atoms with Crippen molar-refractivity contribution in [3.8, 4) is 0 Å². The summed E-state index contributed by atoms with van der Waals surface area (Å²) in [5.41, 5.74) is 0. The molecule has 0 saturated heterocycles. The summed E-state index contributed by atoms with van der Waals surface area (Å²) in [4.78, 5) is 1.34. The van der Waals surface area contributed by atoms with Crippen LogP contribution in [0.4, 0.5) is 0 Å². The predicted octanol–water partition coefficient (Wildman–Crippen LogP) is 4.88. The third kappa shape index (κ3) is 3.24. The molecule has 1 nitrogen and oxygen atoms in total. The topological polar surface area (TPSA) is 9.23 Å². The maximum atomic E-state index is 6.18. The van der Waals surface area contributed by atoms with Crippen molar-refractivity contribution in [2.45, 2.75) is 45.2 Å². The van der Waals surface area contributed by atoms with E-state index in [1.54, 1.807) is 0 Å². The molecule has 0 aliphatic rings. The second-order valence-corrected chi connectivity index (χ2v) is 26.3. The number of methoxy groups -OCH3 is 1. The molecule has 0 aromatic heterocycles. The fraction of sp³-hybridized carbons (Fsp3) is 0.571. The van der Waals surface area contributed by atoms with Crippen LogP contribution >= 0.6 is 11.8 Å². The Labute approximate surface area is 120 Å². The van der Waals surface area contributed by atoms with Crippen LogP contribution in [0.15, 0.2) is 35.2 Å². The first-order chi connectivity index (χ1) is 8.14. The van der Waals surface area contributed by atoms with Crippen molar-refractivity contribution in [3.63, 3.8) is 0 Å². The van der Waals surface area contributed by atoms with E-state index in [0.29, 0.717) is 0 Å². The Morgan fingerprint density at radius 3 is 1.89 bits per heavy atom. The van der Waals surface area contributed by atoms with Gasteiger partial charge in [-0.25, -0.2) is 0 Å². The van der Waals surface area contributed by atoms with Crippen LogP contribution in [0.1, 0.15) is 0 Å². The van der Waals surface area contributed by atoms with Gasteiger partial charge in [-0.1, -0.05) is 0 Å². The minimum absolute atomic E-state index is 0.0638. The average molecular weight is 343 g/mol. The molecule has 0 heterocycles. The molecule has 0 aliphatic carbocycles. The van der Waals surface area contributed by atoms with Crippen LogP contribution in [0.5, 0.6) is 0 Å². The molecule has 1 unspecified atom stereocenters. The van der Waals surface area contributed by atoms with Gasteiger partial charge in [0.2, 0.25) is 0 Å². The monoisotopic (exact) mass is 344 g/mol. The van der Waals surface area contributed by atoms with Gasteiger partial charge in [0, 0.05) is 0 Å². The van der Waals surface area contributed by atoms with E-state index in [4.69, 9.17) is 4.74 Å². The van der Waals surface area contributed by atoms with Crippen molar-refractivity contribution < 1.29 is 4.74 Å². The summed E-state index contributed by atoms with van der Waals surface area (Å²) in [6.07, 6.45) is 0. The molecular weight excluding hydrogens is 317 g/mol. The summed E-state index contributed by atoms with van der Waals surface area (Å²) >= 11 is -0.0246. The molecule has 0 N–H and O–H groups in total. The van der Waals surface area contributed by atoms with Gasteiger partial charge in [-0.2, -0.15) is 0 Å². The molecule has 18 heavy (non-hydrogen) atoms. The number of benzene rings is 1. The van der Waals surface area contributed by atoms with Gasteiger partial charge in [-0.15, -0.1) is 0 Å². The fourth-order valence-corrected chi connectivity index (χ4v) is 26.3. The Morgan fingerprint density at radius 1 is 1.06 bits per heavy atom. The molecule has 1 atom stereocenters.